The number of halogens is 1. The van der Waals surface area contributed by atoms with Crippen molar-refractivity contribution in [3.63, 3.8) is 0 Å². The van der Waals surface area contributed by atoms with E-state index in [1.54, 1.807) is 0 Å². The third kappa shape index (κ3) is 2.40. The van der Waals surface area contributed by atoms with Crippen molar-refractivity contribution in [1.82, 2.24) is 5.32 Å². The van der Waals surface area contributed by atoms with E-state index in [2.05, 4.69) is 42.2 Å². The van der Waals surface area contributed by atoms with Crippen LogP contribution in [0.25, 0.3) is 0 Å². The average Bonchev–Trinajstić information content (AvgIpc) is 3.09. The summed E-state index contributed by atoms with van der Waals surface area (Å²) in [6.45, 7) is 3.68. The summed E-state index contributed by atoms with van der Waals surface area (Å²) in [5.74, 6) is 0.706. The van der Waals surface area contributed by atoms with E-state index in [9.17, 15) is 9.18 Å². The van der Waals surface area contributed by atoms with Gasteiger partial charge in [-0.05, 0) is 67.4 Å². The Morgan fingerprint density at radius 2 is 1.71 bits per heavy atom. The number of carbonyl (C=O) groups excluding carboxylic acids is 1. The predicted molar refractivity (Wildman–Crippen MR) is 110 cm³/mol. The van der Waals surface area contributed by atoms with Crippen molar-refractivity contribution in [2.24, 2.45) is 16.7 Å². The normalized spacial score (nSPS) is 39.2. The van der Waals surface area contributed by atoms with Gasteiger partial charge in [0.1, 0.15) is 6.67 Å². The maximum Gasteiger partial charge on any atom is 0.227 e. The van der Waals surface area contributed by atoms with E-state index in [1.165, 1.54) is 24.8 Å². The maximum atomic E-state index is 14.0. The third-order valence-corrected chi connectivity index (χ3v) is 8.75. The molecule has 28 heavy (non-hydrogen) atoms. The molecule has 5 saturated carbocycles. The van der Waals surface area contributed by atoms with Crippen molar-refractivity contribution < 1.29 is 9.18 Å². The van der Waals surface area contributed by atoms with Crippen LogP contribution >= 0.6 is 0 Å². The van der Waals surface area contributed by atoms with E-state index < -0.39 is 12.1 Å². The molecule has 0 aromatic heterocycles. The topological polar surface area (TPSA) is 29.1 Å². The zero-order chi connectivity index (χ0) is 19.4. The van der Waals surface area contributed by atoms with Gasteiger partial charge in [0.2, 0.25) is 5.91 Å². The molecule has 5 fully saturated rings. The summed E-state index contributed by atoms with van der Waals surface area (Å²) in [5, 5.41) is 3.43. The van der Waals surface area contributed by atoms with Crippen LogP contribution in [-0.2, 0) is 10.2 Å². The number of carbonyl (C=O) groups is 1. The maximum absolute atomic E-state index is 14.0. The third-order valence-electron chi connectivity index (χ3n) is 8.75. The lowest BCUT2D eigenvalue weighted by molar-refractivity contribution is -0.136. The van der Waals surface area contributed by atoms with Crippen LogP contribution in [0.2, 0.25) is 0 Å². The van der Waals surface area contributed by atoms with E-state index in [0.29, 0.717) is 17.5 Å². The van der Waals surface area contributed by atoms with Gasteiger partial charge in [0.05, 0.1) is 5.41 Å². The quantitative estimate of drug-likeness (QED) is 0.672. The summed E-state index contributed by atoms with van der Waals surface area (Å²) in [5.41, 5.74) is 1.19. The van der Waals surface area contributed by atoms with Crippen LogP contribution in [0.3, 0.4) is 0 Å². The van der Waals surface area contributed by atoms with Gasteiger partial charge in [0.25, 0.3) is 0 Å². The molecule has 1 N–H and O–H groups in total. The highest BCUT2D eigenvalue weighted by molar-refractivity contribution is 5.86. The molecule has 0 aliphatic heterocycles. The molecule has 0 heterocycles. The van der Waals surface area contributed by atoms with Crippen LogP contribution in [0.5, 0.6) is 0 Å². The van der Waals surface area contributed by atoms with Gasteiger partial charge in [-0.1, -0.05) is 56.2 Å². The van der Waals surface area contributed by atoms with Crippen LogP contribution in [0.15, 0.2) is 42.5 Å². The zero-order valence-electron chi connectivity index (χ0n) is 16.8. The van der Waals surface area contributed by atoms with Crippen LogP contribution in [0, 0.1) is 16.7 Å². The minimum absolute atomic E-state index is 0.00441. The first-order chi connectivity index (χ1) is 13.5. The smallest absolute Gasteiger partial charge is 0.227 e. The number of benzene rings is 1. The summed E-state index contributed by atoms with van der Waals surface area (Å²) in [7, 11) is 0. The first kappa shape index (κ1) is 18.4. The lowest BCUT2D eigenvalue weighted by Gasteiger charge is -2.41. The Balaban J connectivity index is 1.54. The average molecular weight is 382 g/mol. The van der Waals surface area contributed by atoms with Crippen LogP contribution in [-0.4, -0.2) is 18.6 Å². The molecular formula is C25H32FNO. The Bertz CT molecular complexity index is 785. The molecule has 5 aliphatic rings. The number of allylic oxidation sites excluding steroid dienone is 1. The molecular weight excluding hydrogens is 349 g/mol. The van der Waals surface area contributed by atoms with Crippen molar-refractivity contribution in [3.05, 3.63) is 48.0 Å². The standard InChI is InChI=1S/C25H32FNO/c1-18(15-26)24-13-19-12-23(16-24,20-8-4-2-5-9-20)17-25(24,14-19)22(28)27-21-10-6-3-7-11-21/h2,4-5,8-9,19,21H,1,3,6-7,10-17H2,(H,27,28)/t19?,23-,24-,25?/m1/s1. The molecule has 5 aliphatic carbocycles. The van der Waals surface area contributed by atoms with Gasteiger partial charge in [-0.2, -0.15) is 0 Å². The minimum Gasteiger partial charge on any atom is -0.353 e. The molecule has 1 amide bonds. The molecule has 2 unspecified atom stereocenters. The molecule has 0 saturated heterocycles. The van der Waals surface area contributed by atoms with Crippen LogP contribution in [0.4, 0.5) is 4.39 Å². The number of alkyl halides is 1. The molecule has 0 spiro atoms. The zero-order valence-corrected chi connectivity index (χ0v) is 16.8. The largest absolute Gasteiger partial charge is 0.353 e. The fraction of sp³-hybridized carbons (Fsp3) is 0.640. The molecule has 1 aromatic carbocycles. The summed E-state index contributed by atoms with van der Waals surface area (Å²) in [6, 6.07) is 11.0. The molecule has 150 valence electrons. The van der Waals surface area contributed by atoms with Crippen molar-refractivity contribution in [2.75, 3.05) is 6.67 Å². The van der Waals surface area contributed by atoms with Gasteiger partial charge in [0, 0.05) is 11.5 Å². The van der Waals surface area contributed by atoms with Crippen LogP contribution in [0.1, 0.15) is 69.8 Å². The molecule has 2 nitrogen and oxygen atoms in total. The second-order valence-electron chi connectivity index (χ2n) is 10.2. The molecule has 4 bridgehead atoms. The Hall–Kier alpha value is -1.64. The number of rotatable bonds is 5. The molecule has 3 heteroatoms. The van der Waals surface area contributed by atoms with Gasteiger partial charge in [-0.15, -0.1) is 0 Å². The highest BCUT2D eigenvalue weighted by atomic mass is 19.1. The first-order valence-electron chi connectivity index (χ1n) is 11.1. The predicted octanol–water partition coefficient (Wildman–Crippen LogP) is 5.48. The number of nitrogens with one attached hydrogen (secondary N) is 1. The number of hydrogen-bond donors (Lipinski definition) is 1. The second kappa shape index (κ2) is 6.43. The Labute approximate surface area is 168 Å². The number of amides is 1. The fourth-order valence-corrected chi connectivity index (χ4v) is 7.80. The molecule has 4 atom stereocenters. The Morgan fingerprint density at radius 3 is 2.43 bits per heavy atom. The van der Waals surface area contributed by atoms with E-state index in [-0.39, 0.29) is 16.7 Å². The van der Waals surface area contributed by atoms with Crippen molar-refractivity contribution in [1.29, 1.82) is 0 Å². The van der Waals surface area contributed by atoms with Gasteiger partial charge in [-0.3, -0.25) is 4.79 Å². The number of hydrogen-bond acceptors (Lipinski definition) is 1. The van der Waals surface area contributed by atoms with E-state index in [0.717, 1.165) is 44.9 Å². The van der Waals surface area contributed by atoms with Crippen molar-refractivity contribution in [3.8, 4) is 0 Å². The SMILES string of the molecule is C=C(CF)[C@]12CC3CC1(C(=O)NC1CCCCC1)C[C@@](c1ccccc1)(C3)C2. The monoisotopic (exact) mass is 381 g/mol. The molecule has 1 aromatic rings. The minimum atomic E-state index is -0.504. The van der Waals surface area contributed by atoms with Gasteiger partial charge in [-0.25, -0.2) is 4.39 Å². The first-order valence-corrected chi connectivity index (χ1v) is 11.1. The highest BCUT2D eigenvalue weighted by Crippen LogP contribution is 2.78. The summed E-state index contributed by atoms with van der Waals surface area (Å²) < 4.78 is 14.0. The van der Waals surface area contributed by atoms with E-state index in [1.807, 2.05) is 0 Å². The lowest BCUT2D eigenvalue weighted by atomic mass is 9.62. The fourth-order valence-electron chi connectivity index (χ4n) is 7.80. The van der Waals surface area contributed by atoms with E-state index in [4.69, 9.17) is 0 Å². The Kier molecular flexibility index (Phi) is 4.23. The lowest BCUT2D eigenvalue weighted by Crippen LogP contribution is -2.51. The molecule has 6 rings (SSSR count). The van der Waals surface area contributed by atoms with Crippen molar-refractivity contribution in [2.45, 2.75) is 75.7 Å². The second-order valence-corrected chi connectivity index (χ2v) is 10.2. The van der Waals surface area contributed by atoms with Gasteiger partial charge >= 0.3 is 0 Å². The van der Waals surface area contributed by atoms with Gasteiger partial charge < -0.3 is 5.32 Å². The molecule has 0 radical (unpaired) electrons. The van der Waals surface area contributed by atoms with E-state index >= 15 is 0 Å². The van der Waals surface area contributed by atoms with Crippen LogP contribution < -0.4 is 5.32 Å². The highest BCUT2D eigenvalue weighted by Gasteiger charge is 2.75. The summed E-state index contributed by atoms with van der Waals surface area (Å²) >= 11 is 0. The summed E-state index contributed by atoms with van der Waals surface area (Å²) in [4.78, 5) is 13.8. The summed E-state index contributed by atoms with van der Waals surface area (Å²) in [6.07, 6.45) is 10.6. The Morgan fingerprint density at radius 1 is 1.04 bits per heavy atom. The van der Waals surface area contributed by atoms with Crippen molar-refractivity contribution >= 4 is 5.91 Å². The van der Waals surface area contributed by atoms with Gasteiger partial charge in [0.15, 0.2) is 0 Å².